The highest BCUT2D eigenvalue weighted by atomic mass is 79.9. The highest BCUT2D eigenvalue weighted by molar-refractivity contribution is 9.10. The van der Waals surface area contributed by atoms with Crippen molar-refractivity contribution in [1.82, 2.24) is 4.90 Å². The number of rotatable bonds is 6. The van der Waals surface area contributed by atoms with Crippen LogP contribution in [-0.2, 0) is 13.8 Å². The minimum absolute atomic E-state index is 0.0567. The lowest BCUT2D eigenvalue weighted by molar-refractivity contribution is -0.137. The lowest BCUT2D eigenvalue weighted by Crippen LogP contribution is -2.40. The van der Waals surface area contributed by atoms with Gasteiger partial charge in [0.1, 0.15) is 10.6 Å². The molecule has 21 heavy (non-hydrogen) atoms. The zero-order valence-corrected chi connectivity index (χ0v) is 15.1. The Morgan fingerprint density at radius 3 is 2.43 bits per heavy atom. The third-order valence-electron chi connectivity index (χ3n) is 2.90. The van der Waals surface area contributed by atoms with Gasteiger partial charge < -0.3 is 9.64 Å². The van der Waals surface area contributed by atoms with Gasteiger partial charge in [-0.05, 0) is 39.0 Å². The second kappa shape index (κ2) is 7.47. The molecular formula is C13H17BrClNO4S. The third kappa shape index (κ3) is 4.86. The summed E-state index contributed by atoms with van der Waals surface area (Å²) >= 11 is 3.18. The molecule has 0 fully saturated rings. The summed E-state index contributed by atoms with van der Waals surface area (Å²) in [6, 6.07) is 4.42. The van der Waals surface area contributed by atoms with Crippen LogP contribution in [0.1, 0.15) is 20.8 Å². The predicted molar refractivity (Wildman–Crippen MR) is 85.2 cm³/mol. The molecule has 0 aliphatic carbocycles. The molecule has 1 aromatic rings. The van der Waals surface area contributed by atoms with Crippen LogP contribution in [0.25, 0.3) is 0 Å². The van der Waals surface area contributed by atoms with Crippen LogP contribution in [0.3, 0.4) is 0 Å². The van der Waals surface area contributed by atoms with Gasteiger partial charge in [-0.15, -0.1) is 0 Å². The first-order valence-corrected chi connectivity index (χ1v) is 9.50. The first-order valence-electron chi connectivity index (χ1n) is 6.40. The molecule has 0 saturated carbocycles. The van der Waals surface area contributed by atoms with Crippen molar-refractivity contribution in [2.75, 3.05) is 13.1 Å². The minimum Gasteiger partial charge on any atom is -0.479 e. The normalized spacial score (nSPS) is 12.8. The average molecular weight is 399 g/mol. The maximum atomic E-state index is 12.1. The summed E-state index contributed by atoms with van der Waals surface area (Å²) in [6.07, 6.45) is -0.803. The number of carbonyl (C=O) groups excluding carboxylic acids is 1. The van der Waals surface area contributed by atoms with Gasteiger partial charge in [0.05, 0.1) is 0 Å². The molecule has 0 aliphatic heterocycles. The number of carbonyl (C=O) groups is 1. The molecular weight excluding hydrogens is 382 g/mol. The summed E-state index contributed by atoms with van der Waals surface area (Å²) < 4.78 is 29.2. The number of hydrogen-bond acceptors (Lipinski definition) is 4. The monoisotopic (exact) mass is 397 g/mol. The van der Waals surface area contributed by atoms with E-state index in [0.717, 1.165) is 0 Å². The van der Waals surface area contributed by atoms with Gasteiger partial charge in [0.2, 0.25) is 0 Å². The topological polar surface area (TPSA) is 63.7 Å². The van der Waals surface area contributed by atoms with E-state index in [1.165, 1.54) is 12.1 Å². The molecule has 5 nitrogen and oxygen atoms in total. The van der Waals surface area contributed by atoms with E-state index in [1.807, 2.05) is 13.8 Å². The Morgan fingerprint density at radius 1 is 1.38 bits per heavy atom. The van der Waals surface area contributed by atoms with Crippen LogP contribution in [0.2, 0.25) is 0 Å². The Balaban J connectivity index is 3.06. The Labute approximate surface area is 137 Å². The molecule has 1 amide bonds. The van der Waals surface area contributed by atoms with Crippen LogP contribution >= 0.6 is 26.6 Å². The van der Waals surface area contributed by atoms with Gasteiger partial charge in [-0.1, -0.05) is 15.9 Å². The molecule has 1 aromatic carbocycles. The highest BCUT2D eigenvalue weighted by Crippen LogP contribution is 2.30. The van der Waals surface area contributed by atoms with E-state index in [4.69, 9.17) is 15.4 Å². The van der Waals surface area contributed by atoms with Crippen LogP contribution in [0.5, 0.6) is 5.75 Å². The van der Waals surface area contributed by atoms with E-state index < -0.39 is 15.2 Å². The fraction of sp³-hybridized carbons (Fsp3) is 0.462. The zero-order valence-electron chi connectivity index (χ0n) is 12.0. The number of halogens is 2. The molecule has 8 heteroatoms. The largest absolute Gasteiger partial charge is 0.479 e. The van der Waals surface area contributed by atoms with E-state index >= 15 is 0 Å². The maximum absolute atomic E-state index is 12.1. The van der Waals surface area contributed by atoms with Gasteiger partial charge in [0.25, 0.3) is 15.0 Å². The molecule has 0 aliphatic rings. The lowest BCUT2D eigenvalue weighted by atomic mass is 10.3. The fourth-order valence-corrected chi connectivity index (χ4v) is 3.30. The van der Waals surface area contributed by atoms with Gasteiger partial charge in [-0.2, -0.15) is 0 Å². The number of hydrogen-bond donors (Lipinski definition) is 0. The molecule has 0 spiro atoms. The summed E-state index contributed by atoms with van der Waals surface area (Å²) in [5.74, 6) is -0.151. The number of ether oxygens (including phenoxy) is 1. The molecule has 1 atom stereocenters. The van der Waals surface area contributed by atoms with Crippen molar-refractivity contribution >= 4 is 41.6 Å². The molecule has 0 N–H and O–H groups in total. The molecule has 0 bridgehead atoms. The summed E-state index contributed by atoms with van der Waals surface area (Å²) in [4.78, 5) is 13.6. The highest BCUT2D eigenvalue weighted by Gasteiger charge is 2.24. The first-order chi connectivity index (χ1) is 9.70. The van der Waals surface area contributed by atoms with Crippen LogP contribution in [0.15, 0.2) is 27.6 Å². The molecule has 0 saturated heterocycles. The zero-order chi connectivity index (χ0) is 16.2. The van der Waals surface area contributed by atoms with Crippen molar-refractivity contribution in [2.45, 2.75) is 31.8 Å². The predicted octanol–water partition coefficient (Wildman–Crippen LogP) is 3.01. The summed E-state index contributed by atoms with van der Waals surface area (Å²) in [7, 11) is 1.43. The Hall–Kier alpha value is -0.790. The molecule has 0 radical (unpaired) electrons. The average Bonchev–Trinajstić information content (AvgIpc) is 2.40. The van der Waals surface area contributed by atoms with E-state index in [1.54, 1.807) is 17.9 Å². The minimum atomic E-state index is -3.97. The van der Waals surface area contributed by atoms with Crippen LogP contribution < -0.4 is 4.74 Å². The first kappa shape index (κ1) is 18.3. The molecule has 1 rings (SSSR count). The van der Waals surface area contributed by atoms with Crippen LogP contribution in [0, 0.1) is 0 Å². The Bertz CT molecular complexity index is 617. The number of nitrogens with zero attached hydrogens (tertiary/aromatic N) is 1. The number of benzene rings is 1. The summed E-state index contributed by atoms with van der Waals surface area (Å²) in [5, 5.41) is 0. The molecule has 0 aromatic heterocycles. The standard InChI is InChI=1S/C13H17BrClNO4S/c1-4-16(5-2)13(17)9(3)20-11-7-6-10(14)8-12(11)21(15,18)19/h6-9H,4-5H2,1-3H3. The van der Waals surface area contributed by atoms with Gasteiger partial charge in [0, 0.05) is 28.2 Å². The third-order valence-corrected chi connectivity index (χ3v) is 4.73. The van der Waals surface area contributed by atoms with Crippen molar-refractivity contribution < 1.29 is 17.9 Å². The fourth-order valence-electron chi connectivity index (χ4n) is 1.80. The van der Waals surface area contributed by atoms with E-state index in [-0.39, 0.29) is 16.6 Å². The van der Waals surface area contributed by atoms with E-state index in [2.05, 4.69) is 15.9 Å². The van der Waals surface area contributed by atoms with Crippen molar-refractivity contribution in [1.29, 1.82) is 0 Å². The van der Waals surface area contributed by atoms with Gasteiger partial charge in [-0.25, -0.2) is 8.42 Å². The Morgan fingerprint density at radius 2 is 1.95 bits per heavy atom. The lowest BCUT2D eigenvalue weighted by Gasteiger charge is -2.24. The summed E-state index contributed by atoms with van der Waals surface area (Å²) in [6.45, 7) is 6.42. The second-order valence-electron chi connectivity index (χ2n) is 4.30. The number of amides is 1. The quantitative estimate of drug-likeness (QED) is 0.691. The molecule has 0 heterocycles. The maximum Gasteiger partial charge on any atom is 0.265 e. The van der Waals surface area contributed by atoms with Gasteiger partial charge >= 0.3 is 0 Å². The van der Waals surface area contributed by atoms with E-state index in [9.17, 15) is 13.2 Å². The smallest absolute Gasteiger partial charge is 0.265 e. The van der Waals surface area contributed by atoms with Crippen LogP contribution in [0.4, 0.5) is 0 Å². The second-order valence-corrected chi connectivity index (χ2v) is 7.75. The van der Waals surface area contributed by atoms with Gasteiger partial charge in [-0.3, -0.25) is 4.79 Å². The molecule has 1 unspecified atom stereocenters. The Kier molecular flexibility index (Phi) is 6.49. The molecule has 118 valence electrons. The van der Waals surface area contributed by atoms with Crippen molar-refractivity contribution in [2.24, 2.45) is 0 Å². The van der Waals surface area contributed by atoms with Crippen molar-refractivity contribution in [3.05, 3.63) is 22.7 Å². The number of likely N-dealkylation sites (N-methyl/N-ethyl adjacent to an activating group) is 1. The van der Waals surface area contributed by atoms with Crippen molar-refractivity contribution in [3.8, 4) is 5.75 Å². The van der Waals surface area contributed by atoms with E-state index in [0.29, 0.717) is 17.6 Å². The summed E-state index contributed by atoms with van der Waals surface area (Å²) in [5.41, 5.74) is 0. The van der Waals surface area contributed by atoms with Gasteiger partial charge in [0.15, 0.2) is 6.10 Å². The van der Waals surface area contributed by atoms with Crippen molar-refractivity contribution in [3.63, 3.8) is 0 Å². The SMILES string of the molecule is CCN(CC)C(=O)C(C)Oc1ccc(Br)cc1S(=O)(=O)Cl. The van der Waals surface area contributed by atoms with Crippen LogP contribution in [-0.4, -0.2) is 38.4 Å².